The smallest absolute Gasteiger partial charge is 0.183 e. The third-order valence-electron chi connectivity index (χ3n) is 1.64. The van der Waals surface area contributed by atoms with Crippen molar-refractivity contribution >= 4 is 5.78 Å². The van der Waals surface area contributed by atoms with E-state index in [1.165, 1.54) is 7.11 Å². The Labute approximate surface area is 80.4 Å². The summed E-state index contributed by atoms with van der Waals surface area (Å²) in [4.78, 5) is 11.0. The lowest BCUT2D eigenvalue weighted by Crippen LogP contribution is -2.20. The number of methoxy groups -OCH3 is 1. The molecule has 0 N–H and O–H groups in total. The second kappa shape index (κ2) is 7.04. The molecule has 0 spiro atoms. The highest BCUT2D eigenvalue weighted by molar-refractivity contribution is 5.80. The molecule has 1 unspecified atom stereocenters. The summed E-state index contributed by atoms with van der Waals surface area (Å²) in [6.07, 6.45) is 1.14. The van der Waals surface area contributed by atoms with Gasteiger partial charge in [-0.2, -0.15) is 0 Å². The summed E-state index contributed by atoms with van der Waals surface area (Å²) in [5.41, 5.74) is 0. The van der Waals surface area contributed by atoms with E-state index < -0.39 is 0 Å². The summed E-state index contributed by atoms with van der Waals surface area (Å²) in [6.45, 7) is 6.57. The van der Waals surface area contributed by atoms with E-state index in [0.29, 0.717) is 5.92 Å². The van der Waals surface area contributed by atoms with Crippen molar-refractivity contribution in [1.29, 1.82) is 0 Å². The van der Waals surface area contributed by atoms with Crippen molar-refractivity contribution in [3.63, 3.8) is 0 Å². The molecule has 0 fully saturated rings. The van der Waals surface area contributed by atoms with Crippen LogP contribution in [0.25, 0.3) is 0 Å². The average molecular weight is 188 g/mol. The van der Waals surface area contributed by atoms with Crippen molar-refractivity contribution in [2.24, 2.45) is 5.92 Å². The summed E-state index contributed by atoms with van der Waals surface area (Å²) in [6, 6.07) is 0. The van der Waals surface area contributed by atoms with Crippen molar-refractivity contribution in [2.75, 3.05) is 20.3 Å². The zero-order valence-corrected chi connectivity index (χ0v) is 9.00. The third kappa shape index (κ3) is 7.94. The van der Waals surface area contributed by atoms with Gasteiger partial charge in [0.25, 0.3) is 0 Å². The molecule has 78 valence electrons. The first-order valence-corrected chi connectivity index (χ1v) is 4.68. The summed E-state index contributed by atoms with van der Waals surface area (Å²) in [7, 11) is 1.51. The fraction of sp³-hybridized carbons (Fsp3) is 0.900. The van der Waals surface area contributed by atoms with Crippen LogP contribution in [0.4, 0.5) is 0 Å². The fourth-order valence-electron chi connectivity index (χ4n) is 1.17. The van der Waals surface area contributed by atoms with E-state index >= 15 is 0 Å². The molecule has 1 atom stereocenters. The maximum atomic E-state index is 11.0. The minimum absolute atomic E-state index is 0.00175. The van der Waals surface area contributed by atoms with Crippen LogP contribution in [0, 0.1) is 5.92 Å². The van der Waals surface area contributed by atoms with Crippen molar-refractivity contribution in [2.45, 2.75) is 33.3 Å². The molecule has 0 rings (SSSR count). The minimum Gasteiger partial charge on any atom is -0.377 e. The van der Waals surface area contributed by atoms with E-state index in [0.717, 1.165) is 6.42 Å². The lowest BCUT2D eigenvalue weighted by molar-refractivity contribution is -0.129. The predicted molar refractivity (Wildman–Crippen MR) is 51.8 cm³/mol. The van der Waals surface area contributed by atoms with Gasteiger partial charge in [0.15, 0.2) is 5.78 Å². The van der Waals surface area contributed by atoms with E-state index in [4.69, 9.17) is 4.74 Å². The minimum atomic E-state index is -0.00175. The largest absolute Gasteiger partial charge is 0.377 e. The van der Waals surface area contributed by atoms with Crippen molar-refractivity contribution in [3.05, 3.63) is 0 Å². The second-order valence-corrected chi connectivity index (χ2v) is 3.72. The van der Waals surface area contributed by atoms with Gasteiger partial charge in [-0.25, -0.2) is 0 Å². The molecule has 0 aromatic rings. The molecule has 0 aromatic heterocycles. The molecule has 13 heavy (non-hydrogen) atoms. The molecule has 0 saturated carbocycles. The monoisotopic (exact) mass is 188 g/mol. The molecule has 3 nitrogen and oxygen atoms in total. The average Bonchev–Trinajstić information content (AvgIpc) is 2.00. The van der Waals surface area contributed by atoms with Gasteiger partial charge in [-0.3, -0.25) is 4.79 Å². The highest BCUT2D eigenvalue weighted by Crippen LogP contribution is 2.06. The van der Waals surface area contributed by atoms with Gasteiger partial charge in [0.2, 0.25) is 0 Å². The summed E-state index contributed by atoms with van der Waals surface area (Å²) >= 11 is 0. The molecule has 0 heterocycles. The lowest BCUT2D eigenvalue weighted by Gasteiger charge is -2.14. The molecule has 0 aliphatic heterocycles. The van der Waals surface area contributed by atoms with Crippen molar-refractivity contribution in [1.82, 2.24) is 0 Å². The molecular formula is C10H20O3. The van der Waals surface area contributed by atoms with Crippen LogP contribution in [0.1, 0.15) is 27.2 Å². The lowest BCUT2D eigenvalue weighted by atomic mass is 10.1. The van der Waals surface area contributed by atoms with E-state index in [9.17, 15) is 4.79 Å². The normalized spacial score (nSPS) is 13.3. The predicted octanol–water partition coefficient (Wildman–Crippen LogP) is 1.65. The van der Waals surface area contributed by atoms with Gasteiger partial charge >= 0.3 is 0 Å². The number of ketones is 1. The quantitative estimate of drug-likeness (QED) is 0.609. The Morgan fingerprint density at radius 2 is 1.85 bits per heavy atom. The number of hydrogen-bond donors (Lipinski definition) is 0. The molecule has 0 radical (unpaired) electrons. The Balaban J connectivity index is 3.45. The Hall–Kier alpha value is -0.410. The zero-order valence-electron chi connectivity index (χ0n) is 9.00. The van der Waals surface area contributed by atoms with Crippen LogP contribution >= 0.6 is 0 Å². The first-order chi connectivity index (χ1) is 6.06. The molecule has 0 saturated heterocycles. The summed E-state index contributed by atoms with van der Waals surface area (Å²) < 4.78 is 10.0. The van der Waals surface area contributed by atoms with Gasteiger partial charge in [0.1, 0.15) is 13.2 Å². The van der Waals surface area contributed by atoms with E-state index in [-0.39, 0.29) is 25.1 Å². The van der Waals surface area contributed by atoms with Crippen LogP contribution in [0.5, 0.6) is 0 Å². The molecule has 0 bridgehead atoms. The van der Waals surface area contributed by atoms with Crippen molar-refractivity contribution < 1.29 is 14.3 Å². The topological polar surface area (TPSA) is 35.5 Å². The van der Waals surface area contributed by atoms with Gasteiger partial charge in [-0.1, -0.05) is 13.8 Å². The SMILES string of the molecule is COCC(=O)COC(C)CC(C)C. The Morgan fingerprint density at radius 3 is 2.31 bits per heavy atom. The van der Waals surface area contributed by atoms with Gasteiger partial charge < -0.3 is 9.47 Å². The highest BCUT2D eigenvalue weighted by atomic mass is 16.5. The Kier molecular flexibility index (Phi) is 6.82. The molecule has 0 aliphatic rings. The van der Waals surface area contributed by atoms with Crippen molar-refractivity contribution in [3.8, 4) is 0 Å². The van der Waals surface area contributed by atoms with Crippen LogP contribution in [0.3, 0.4) is 0 Å². The maximum absolute atomic E-state index is 11.0. The maximum Gasteiger partial charge on any atom is 0.183 e. The van der Waals surface area contributed by atoms with Crippen LogP contribution in [0.15, 0.2) is 0 Å². The number of hydrogen-bond acceptors (Lipinski definition) is 3. The number of Topliss-reactive ketones (excluding diaryl/α,β-unsaturated/α-hetero) is 1. The molecular weight excluding hydrogens is 168 g/mol. The van der Waals surface area contributed by atoms with Crippen LogP contribution in [-0.2, 0) is 14.3 Å². The molecule has 0 amide bonds. The van der Waals surface area contributed by atoms with Gasteiger partial charge in [0.05, 0.1) is 6.10 Å². The first-order valence-electron chi connectivity index (χ1n) is 4.68. The third-order valence-corrected chi connectivity index (χ3v) is 1.64. The summed E-state index contributed by atoms with van der Waals surface area (Å²) in [5.74, 6) is 0.602. The van der Waals surface area contributed by atoms with Crippen LogP contribution in [-0.4, -0.2) is 32.2 Å². The van der Waals surface area contributed by atoms with Gasteiger partial charge in [-0.15, -0.1) is 0 Å². The number of ether oxygens (including phenoxy) is 2. The Bertz CT molecular complexity index is 143. The zero-order chi connectivity index (χ0) is 10.3. The standard InChI is InChI=1S/C10H20O3/c1-8(2)5-9(3)13-7-10(11)6-12-4/h8-9H,5-7H2,1-4H3. The number of carbonyl (C=O) groups excluding carboxylic acids is 1. The first kappa shape index (κ1) is 12.6. The summed E-state index contributed by atoms with van der Waals surface area (Å²) in [5, 5.41) is 0. The Morgan fingerprint density at radius 1 is 1.23 bits per heavy atom. The van der Waals surface area contributed by atoms with Gasteiger partial charge in [0, 0.05) is 7.11 Å². The van der Waals surface area contributed by atoms with Crippen LogP contribution < -0.4 is 0 Å². The number of rotatable bonds is 7. The molecule has 3 heteroatoms. The number of carbonyl (C=O) groups is 1. The van der Waals surface area contributed by atoms with Gasteiger partial charge in [-0.05, 0) is 19.3 Å². The van der Waals surface area contributed by atoms with E-state index in [1.807, 2.05) is 6.92 Å². The molecule has 0 aliphatic carbocycles. The van der Waals surface area contributed by atoms with Crippen LogP contribution in [0.2, 0.25) is 0 Å². The molecule has 0 aromatic carbocycles. The van der Waals surface area contributed by atoms with E-state index in [1.54, 1.807) is 0 Å². The highest BCUT2D eigenvalue weighted by Gasteiger charge is 2.07. The fourth-order valence-corrected chi connectivity index (χ4v) is 1.17. The second-order valence-electron chi connectivity index (χ2n) is 3.72. The van der Waals surface area contributed by atoms with E-state index in [2.05, 4.69) is 18.6 Å².